The maximum absolute atomic E-state index is 12.1. The summed E-state index contributed by atoms with van der Waals surface area (Å²) < 4.78 is 27.9. The standard InChI is InChI=1S/C13H13BrN2O2S3/c14-12-6-3-10(20-12)7-8-16-21(17,18)11-4-1-9(2-5-11)13(15)19/h1-6,16H,7-8H2,(H2,15,19). The van der Waals surface area contributed by atoms with Crippen molar-refractivity contribution in [2.75, 3.05) is 6.54 Å². The van der Waals surface area contributed by atoms with E-state index in [1.807, 2.05) is 12.1 Å². The van der Waals surface area contributed by atoms with Gasteiger partial charge in [0.1, 0.15) is 4.99 Å². The smallest absolute Gasteiger partial charge is 0.240 e. The van der Waals surface area contributed by atoms with E-state index in [-0.39, 0.29) is 9.88 Å². The number of hydrogen-bond acceptors (Lipinski definition) is 4. The lowest BCUT2D eigenvalue weighted by atomic mass is 10.2. The molecule has 2 aromatic rings. The third-order valence-corrected chi connectivity index (χ3v) is 6.14. The Bertz CT molecular complexity index is 739. The van der Waals surface area contributed by atoms with Crippen LogP contribution in [0.15, 0.2) is 45.1 Å². The molecule has 0 amide bonds. The Morgan fingerprint density at radius 2 is 1.90 bits per heavy atom. The number of thiophene rings is 1. The highest BCUT2D eigenvalue weighted by atomic mass is 79.9. The van der Waals surface area contributed by atoms with Crippen LogP contribution in [-0.4, -0.2) is 20.0 Å². The highest BCUT2D eigenvalue weighted by Gasteiger charge is 2.13. The molecule has 0 aliphatic rings. The molecule has 0 unspecified atom stereocenters. The Morgan fingerprint density at radius 1 is 1.24 bits per heavy atom. The molecule has 4 nitrogen and oxygen atoms in total. The Labute approximate surface area is 141 Å². The lowest BCUT2D eigenvalue weighted by molar-refractivity contribution is 0.582. The van der Waals surface area contributed by atoms with Crippen LogP contribution >= 0.6 is 39.5 Å². The molecule has 0 fully saturated rings. The minimum atomic E-state index is -3.51. The molecule has 0 spiro atoms. The van der Waals surface area contributed by atoms with E-state index in [0.717, 1.165) is 8.66 Å². The summed E-state index contributed by atoms with van der Waals surface area (Å²) >= 11 is 9.81. The summed E-state index contributed by atoms with van der Waals surface area (Å²) in [5.41, 5.74) is 6.13. The molecule has 0 aliphatic heterocycles. The van der Waals surface area contributed by atoms with Crippen LogP contribution < -0.4 is 10.5 Å². The van der Waals surface area contributed by atoms with Gasteiger partial charge in [-0.1, -0.05) is 24.4 Å². The second-order valence-corrected chi connectivity index (χ2v) is 9.00. The molecular formula is C13H13BrN2O2S3. The zero-order valence-corrected chi connectivity index (χ0v) is 14.9. The van der Waals surface area contributed by atoms with E-state index in [2.05, 4.69) is 20.7 Å². The molecule has 0 atom stereocenters. The van der Waals surface area contributed by atoms with E-state index >= 15 is 0 Å². The number of rotatable bonds is 6. The monoisotopic (exact) mass is 404 g/mol. The first-order chi connectivity index (χ1) is 9.88. The fraction of sp³-hybridized carbons (Fsp3) is 0.154. The second kappa shape index (κ2) is 6.97. The van der Waals surface area contributed by atoms with E-state index in [1.165, 1.54) is 12.1 Å². The van der Waals surface area contributed by atoms with Gasteiger partial charge in [-0.25, -0.2) is 13.1 Å². The Hall–Kier alpha value is -0.800. The van der Waals surface area contributed by atoms with Crippen LogP contribution in [0.5, 0.6) is 0 Å². The maximum atomic E-state index is 12.1. The van der Waals surface area contributed by atoms with Crippen molar-refractivity contribution in [2.24, 2.45) is 5.73 Å². The summed E-state index contributed by atoms with van der Waals surface area (Å²) in [6.45, 7) is 0.354. The van der Waals surface area contributed by atoms with Crippen LogP contribution in [0.25, 0.3) is 0 Å². The van der Waals surface area contributed by atoms with Gasteiger partial charge in [0, 0.05) is 17.0 Å². The summed E-state index contributed by atoms with van der Waals surface area (Å²) in [7, 11) is -3.51. The summed E-state index contributed by atoms with van der Waals surface area (Å²) in [4.78, 5) is 1.57. The van der Waals surface area contributed by atoms with Gasteiger partial charge in [0.15, 0.2) is 0 Å². The molecule has 0 saturated heterocycles. The largest absolute Gasteiger partial charge is 0.389 e. The average molecular weight is 405 g/mol. The summed E-state index contributed by atoms with van der Waals surface area (Å²) in [6.07, 6.45) is 0.653. The van der Waals surface area contributed by atoms with Gasteiger partial charge in [-0.2, -0.15) is 0 Å². The quantitative estimate of drug-likeness (QED) is 0.725. The van der Waals surface area contributed by atoms with Crippen LogP contribution in [0.3, 0.4) is 0 Å². The fourth-order valence-corrected chi connectivity index (χ4v) is 4.33. The zero-order valence-electron chi connectivity index (χ0n) is 10.9. The Balaban J connectivity index is 1.99. The average Bonchev–Trinajstić information content (AvgIpc) is 2.84. The zero-order chi connectivity index (χ0) is 15.5. The van der Waals surface area contributed by atoms with Crippen molar-refractivity contribution in [3.63, 3.8) is 0 Å². The summed E-state index contributed by atoms with van der Waals surface area (Å²) in [5.74, 6) is 0. The molecule has 1 aromatic carbocycles. The molecule has 0 radical (unpaired) electrons. The van der Waals surface area contributed by atoms with Gasteiger partial charge in [-0.05, 0) is 46.6 Å². The first kappa shape index (κ1) is 16.6. The molecule has 1 heterocycles. The van der Waals surface area contributed by atoms with Gasteiger partial charge < -0.3 is 5.73 Å². The van der Waals surface area contributed by atoms with E-state index in [1.54, 1.807) is 23.5 Å². The highest BCUT2D eigenvalue weighted by molar-refractivity contribution is 9.11. The SMILES string of the molecule is NC(=S)c1ccc(S(=O)(=O)NCCc2ccc(Br)s2)cc1. The van der Waals surface area contributed by atoms with Crippen molar-refractivity contribution in [1.29, 1.82) is 0 Å². The van der Waals surface area contributed by atoms with Gasteiger partial charge in [-0.3, -0.25) is 0 Å². The van der Waals surface area contributed by atoms with Gasteiger partial charge in [-0.15, -0.1) is 11.3 Å². The van der Waals surface area contributed by atoms with Gasteiger partial charge in [0.2, 0.25) is 10.0 Å². The number of benzene rings is 1. The first-order valence-electron chi connectivity index (χ1n) is 6.02. The Morgan fingerprint density at radius 3 is 2.43 bits per heavy atom. The topological polar surface area (TPSA) is 72.2 Å². The molecule has 2 rings (SSSR count). The number of thiocarbonyl (C=S) groups is 1. The second-order valence-electron chi connectivity index (χ2n) is 4.24. The van der Waals surface area contributed by atoms with Crippen LogP contribution in [0.2, 0.25) is 0 Å². The number of nitrogens with one attached hydrogen (secondary N) is 1. The van der Waals surface area contributed by atoms with Crippen molar-refractivity contribution in [1.82, 2.24) is 4.72 Å². The van der Waals surface area contributed by atoms with Crippen LogP contribution in [0.1, 0.15) is 10.4 Å². The molecule has 1 aromatic heterocycles. The maximum Gasteiger partial charge on any atom is 0.240 e. The molecular weight excluding hydrogens is 392 g/mol. The minimum Gasteiger partial charge on any atom is -0.389 e. The molecule has 3 N–H and O–H groups in total. The number of nitrogens with two attached hydrogens (primary N) is 1. The molecule has 0 saturated carbocycles. The van der Waals surface area contributed by atoms with E-state index < -0.39 is 10.0 Å². The van der Waals surface area contributed by atoms with Gasteiger partial charge >= 0.3 is 0 Å². The number of sulfonamides is 1. The summed E-state index contributed by atoms with van der Waals surface area (Å²) in [5, 5.41) is 0. The van der Waals surface area contributed by atoms with Gasteiger partial charge in [0.05, 0.1) is 8.68 Å². The van der Waals surface area contributed by atoms with Crippen molar-refractivity contribution < 1.29 is 8.42 Å². The van der Waals surface area contributed by atoms with Crippen molar-refractivity contribution >= 4 is 54.5 Å². The first-order valence-corrected chi connectivity index (χ1v) is 9.52. The Kier molecular flexibility index (Phi) is 5.50. The fourth-order valence-electron chi connectivity index (χ4n) is 1.68. The number of halogens is 1. The molecule has 0 bridgehead atoms. The highest BCUT2D eigenvalue weighted by Crippen LogP contribution is 2.22. The summed E-state index contributed by atoms with van der Waals surface area (Å²) in [6, 6.07) is 10.1. The normalized spacial score (nSPS) is 11.5. The van der Waals surface area contributed by atoms with E-state index in [9.17, 15) is 8.42 Å². The van der Waals surface area contributed by atoms with Gasteiger partial charge in [0.25, 0.3) is 0 Å². The molecule has 112 valence electrons. The van der Waals surface area contributed by atoms with Crippen molar-refractivity contribution in [3.8, 4) is 0 Å². The molecule has 8 heteroatoms. The lowest BCUT2D eigenvalue weighted by Gasteiger charge is -2.07. The van der Waals surface area contributed by atoms with Crippen molar-refractivity contribution in [2.45, 2.75) is 11.3 Å². The van der Waals surface area contributed by atoms with Crippen LogP contribution in [-0.2, 0) is 16.4 Å². The molecule has 0 aliphatic carbocycles. The molecule has 21 heavy (non-hydrogen) atoms. The minimum absolute atomic E-state index is 0.204. The lowest BCUT2D eigenvalue weighted by Crippen LogP contribution is -2.25. The van der Waals surface area contributed by atoms with E-state index in [4.69, 9.17) is 18.0 Å². The van der Waals surface area contributed by atoms with Crippen LogP contribution in [0.4, 0.5) is 0 Å². The third kappa shape index (κ3) is 4.58. The third-order valence-electron chi connectivity index (χ3n) is 2.74. The number of hydrogen-bond donors (Lipinski definition) is 2. The van der Waals surface area contributed by atoms with Crippen molar-refractivity contribution in [3.05, 3.63) is 50.6 Å². The predicted octanol–water partition coefficient (Wildman–Crippen LogP) is 2.67. The van der Waals surface area contributed by atoms with E-state index in [0.29, 0.717) is 18.5 Å². The van der Waals surface area contributed by atoms with Crippen LogP contribution in [0, 0.1) is 0 Å². The predicted molar refractivity (Wildman–Crippen MR) is 93.2 cm³/mol.